The third-order valence-corrected chi connectivity index (χ3v) is 7.66. The first-order valence-electron chi connectivity index (χ1n) is 15.2. The number of para-hydroxylation sites is 1. The van der Waals surface area contributed by atoms with Crippen molar-refractivity contribution in [3.8, 4) is 17.2 Å². The number of nitrogens with one attached hydrogen (secondary N) is 1. The molecule has 0 radical (unpaired) electrons. The summed E-state index contributed by atoms with van der Waals surface area (Å²) >= 11 is 0. The van der Waals surface area contributed by atoms with Crippen LogP contribution in [0.15, 0.2) is 72.9 Å². The third-order valence-electron chi connectivity index (χ3n) is 7.66. The molecule has 1 heterocycles. The largest absolute Gasteiger partial charge is 0.497 e. The van der Waals surface area contributed by atoms with E-state index in [0.29, 0.717) is 40.7 Å². The highest BCUT2D eigenvalue weighted by molar-refractivity contribution is 5.98. The van der Waals surface area contributed by atoms with Crippen LogP contribution >= 0.6 is 0 Å². The van der Waals surface area contributed by atoms with Gasteiger partial charge >= 0.3 is 6.09 Å². The lowest BCUT2D eigenvalue weighted by atomic mass is 10.1. The second-order valence-corrected chi connectivity index (χ2v) is 10.7. The second kappa shape index (κ2) is 15.7. The predicted molar refractivity (Wildman–Crippen MR) is 180 cm³/mol. The lowest BCUT2D eigenvalue weighted by Crippen LogP contribution is -2.36. The van der Waals surface area contributed by atoms with Gasteiger partial charge in [0.1, 0.15) is 23.1 Å². The fourth-order valence-corrected chi connectivity index (χ4v) is 4.89. The maximum absolute atomic E-state index is 13.9. The van der Waals surface area contributed by atoms with Crippen molar-refractivity contribution in [3.63, 3.8) is 0 Å². The Morgan fingerprint density at radius 1 is 0.870 bits per heavy atom. The summed E-state index contributed by atoms with van der Waals surface area (Å²) in [6.07, 6.45) is 0.848. The summed E-state index contributed by atoms with van der Waals surface area (Å²) in [4.78, 5) is 41.2. The minimum absolute atomic E-state index is 0.0535. The third kappa shape index (κ3) is 8.10. The molecule has 0 fully saturated rings. The van der Waals surface area contributed by atoms with Crippen molar-refractivity contribution in [2.24, 2.45) is 0 Å². The molecule has 4 rings (SSSR count). The quantitative estimate of drug-likeness (QED) is 0.175. The molecule has 1 N–H and O–H groups in total. The smallest absolute Gasteiger partial charge is 0.425 e. The molecule has 11 heteroatoms. The molecule has 0 unspecified atom stereocenters. The molecule has 1 aromatic heterocycles. The molecular weight excluding hydrogens is 584 g/mol. The number of aryl methyl sites for hydroxylation is 2. The van der Waals surface area contributed by atoms with Gasteiger partial charge in [-0.05, 0) is 74.5 Å². The van der Waals surface area contributed by atoms with E-state index in [4.69, 9.17) is 14.2 Å². The van der Waals surface area contributed by atoms with E-state index in [0.717, 1.165) is 30.8 Å². The minimum Gasteiger partial charge on any atom is -0.497 e. The number of carbonyl (C=O) groups excluding carboxylic acids is 2. The Labute approximate surface area is 270 Å². The predicted octanol–water partition coefficient (Wildman–Crippen LogP) is 6.61. The number of benzene rings is 3. The van der Waals surface area contributed by atoms with E-state index < -0.39 is 6.09 Å². The molecule has 4 aromatic rings. The first kappa shape index (κ1) is 33.7. The van der Waals surface area contributed by atoms with E-state index >= 15 is 0 Å². The first-order valence-corrected chi connectivity index (χ1v) is 15.2. The lowest BCUT2D eigenvalue weighted by Gasteiger charge is -2.24. The molecule has 0 saturated heterocycles. The highest BCUT2D eigenvalue weighted by Gasteiger charge is 2.27. The van der Waals surface area contributed by atoms with Crippen LogP contribution in [0, 0.1) is 13.8 Å². The van der Waals surface area contributed by atoms with E-state index in [1.54, 1.807) is 66.7 Å². The number of ether oxygens (including phenoxy) is 3. The van der Waals surface area contributed by atoms with Gasteiger partial charge in [0, 0.05) is 49.7 Å². The molecule has 242 valence electrons. The maximum atomic E-state index is 13.9. The van der Waals surface area contributed by atoms with Crippen LogP contribution < -0.4 is 24.4 Å². The number of hydrogen-bond donors (Lipinski definition) is 1. The Morgan fingerprint density at radius 2 is 1.57 bits per heavy atom. The molecule has 46 heavy (non-hydrogen) atoms. The molecule has 0 aliphatic heterocycles. The summed E-state index contributed by atoms with van der Waals surface area (Å²) < 4.78 is 17.0. The molecule has 3 aromatic carbocycles. The SMILES string of the molecule is CCN(CC)CCN(C)C(=O)c1ccc(Nc2nccc(N(C(=O)Oc3c(C)cccc3C)c3cc(OC)ccc3OC)n2)cc1. The first-order chi connectivity index (χ1) is 22.2. The van der Waals surface area contributed by atoms with E-state index in [2.05, 4.69) is 34.0 Å². The van der Waals surface area contributed by atoms with Gasteiger partial charge in [0.25, 0.3) is 5.91 Å². The van der Waals surface area contributed by atoms with Crippen molar-refractivity contribution in [2.45, 2.75) is 27.7 Å². The molecule has 0 atom stereocenters. The van der Waals surface area contributed by atoms with Crippen LogP contribution in [0.5, 0.6) is 17.2 Å². The number of aromatic nitrogens is 2. The van der Waals surface area contributed by atoms with Crippen molar-refractivity contribution in [2.75, 3.05) is 57.7 Å². The standard InChI is InChI=1S/C35H42N6O5/c1-8-40(9-2)22-21-39(5)33(42)26-13-15-27(16-14-26)37-34-36-20-19-31(38-34)41(29-23-28(44-6)17-18-30(29)45-7)35(43)46-32-24(3)11-10-12-25(32)4/h10-20,23H,8-9,21-22H2,1-7H3,(H,36,37,38). The Kier molecular flexibility index (Phi) is 11.5. The Bertz CT molecular complexity index is 1620. The highest BCUT2D eigenvalue weighted by Crippen LogP contribution is 2.37. The molecule has 0 bridgehead atoms. The Hall–Kier alpha value is -5.16. The molecule has 0 aliphatic rings. The molecule has 0 spiro atoms. The van der Waals surface area contributed by atoms with Gasteiger partial charge in [0.15, 0.2) is 0 Å². The zero-order valence-electron chi connectivity index (χ0n) is 27.5. The molecule has 0 saturated carbocycles. The maximum Gasteiger partial charge on any atom is 0.425 e. The lowest BCUT2D eigenvalue weighted by molar-refractivity contribution is 0.0779. The summed E-state index contributed by atoms with van der Waals surface area (Å²) in [7, 11) is 4.87. The van der Waals surface area contributed by atoms with Crippen LogP contribution in [0.3, 0.4) is 0 Å². The summed E-state index contributed by atoms with van der Waals surface area (Å²) in [5.41, 5.74) is 3.24. The molecule has 0 aliphatic carbocycles. The van der Waals surface area contributed by atoms with Crippen LogP contribution in [0.2, 0.25) is 0 Å². The minimum atomic E-state index is -0.693. The topological polar surface area (TPSA) is 109 Å². The summed E-state index contributed by atoms with van der Waals surface area (Å²) in [5, 5.41) is 3.17. The highest BCUT2D eigenvalue weighted by atomic mass is 16.6. The number of rotatable bonds is 13. The van der Waals surface area contributed by atoms with Crippen molar-refractivity contribution >= 4 is 35.1 Å². The van der Waals surface area contributed by atoms with Crippen molar-refractivity contribution in [1.29, 1.82) is 0 Å². The zero-order chi connectivity index (χ0) is 33.2. The molecule has 2 amide bonds. The molecular formula is C35H42N6O5. The van der Waals surface area contributed by atoms with Crippen LogP contribution in [0.4, 0.5) is 27.9 Å². The second-order valence-electron chi connectivity index (χ2n) is 10.7. The Morgan fingerprint density at radius 3 is 2.20 bits per heavy atom. The normalized spacial score (nSPS) is 10.8. The van der Waals surface area contributed by atoms with Crippen molar-refractivity contribution in [1.82, 2.24) is 19.8 Å². The summed E-state index contributed by atoms with van der Waals surface area (Å²) in [6, 6.07) is 19.5. The van der Waals surface area contributed by atoms with E-state index in [1.807, 2.05) is 39.1 Å². The number of hydrogen-bond acceptors (Lipinski definition) is 9. The van der Waals surface area contributed by atoms with Gasteiger partial charge in [-0.1, -0.05) is 32.0 Å². The van der Waals surface area contributed by atoms with E-state index in [9.17, 15) is 9.59 Å². The van der Waals surface area contributed by atoms with Crippen molar-refractivity contribution in [3.05, 3.63) is 89.6 Å². The average Bonchev–Trinajstić information content (AvgIpc) is 3.07. The number of nitrogens with zero attached hydrogens (tertiary/aromatic N) is 5. The summed E-state index contributed by atoms with van der Waals surface area (Å²) in [6.45, 7) is 11.3. The van der Waals surface area contributed by atoms with Gasteiger partial charge in [0.2, 0.25) is 5.95 Å². The number of anilines is 4. The fourth-order valence-electron chi connectivity index (χ4n) is 4.89. The van der Waals surface area contributed by atoms with Gasteiger partial charge < -0.3 is 29.3 Å². The van der Waals surface area contributed by atoms with Crippen LogP contribution in [-0.2, 0) is 0 Å². The zero-order valence-corrected chi connectivity index (χ0v) is 27.5. The fraction of sp³-hybridized carbons (Fsp3) is 0.314. The number of likely N-dealkylation sites (N-methyl/N-ethyl adjacent to an activating group) is 2. The number of methoxy groups -OCH3 is 2. The van der Waals surface area contributed by atoms with E-state index in [1.165, 1.54) is 12.0 Å². The van der Waals surface area contributed by atoms with Crippen molar-refractivity contribution < 1.29 is 23.8 Å². The van der Waals surface area contributed by atoms with Gasteiger partial charge in [-0.3, -0.25) is 4.79 Å². The Balaban J connectivity index is 1.61. The number of carbonyl (C=O) groups is 2. The summed E-state index contributed by atoms with van der Waals surface area (Å²) in [5.74, 6) is 1.81. The molecule has 11 nitrogen and oxygen atoms in total. The van der Waals surface area contributed by atoms with E-state index in [-0.39, 0.29) is 17.7 Å². The van der Waals surface area contributed by atoms with Gasteiger partial charge in [0.05, 0.1) is 19.9 Å². The van der Waals surface area contributed by atoms with Gasteiger partial charge in [-0.15, -0.1) is 0 Å². The van der Waals surface area contributed by atoms with Gasteiger partial charge in [-0.2, -0.15) is 4.98 Å². The number of amides is 2. The van der Waals surface area contributed by atoms with Crippen LogP contribution in [0.1, 0.15) is 35.3 Å². The van der Waals surface area contributed by atoms with Crippen LogP contribution in [0.25, 0.3) is 0 Å². The average molecular weight is 627 g/mol. The monoisotopic (exact) mass is 626 g/mol. The van der Waals surface area contributed by atoms with Gasteiger partial charge in [-0.25, -0.2) is 14.7 Å². The van der Waals surface area contributed by atoms with Crippen LogP contribution in [-0.4, -0.2) is 79.2 Å².